The highest BCUT2D eigenvalue weighted by Crippen LogP contribution is 2.28. The van der Waals surface area contributed by atoms with Crippen LogP contribution in [-0.2, 0) is 9.53 Å². The zero-order chi connectivity index (χ0) is 14.9. The van der Waals surface area contributed by atoms with Crippen LogP contribution in [0.25, 0.3) is 0 Å². The van der Waals surface area contributed by atoms with E-state index in [1.54, 1.807) is 0 Å². The number of piperidine rings is 1. The average molecular weight is 270 g/mol. The highest BCUT2D eigenvalue weighted by molar-refractivity contribution is 5.77. The Morgan fingerprint density at radius 3 is 2.11 bits per heavy atom. The van der Waals surface area contributed by atoms with Gasteiger partial charge in [-0.15, -0.1) is 0 Å². The van der Waals surface area contributed by atoms with Crippen molar-refractivity contribution in [3.63, 3.8) is 0 Å². The minimum Gasteiger partial charge on any atom is -0.366 e. The monoisotopic (exact) mass is 270 g/mol. The molecule has 0 aromatic heterocycles. The van der Waals surface area contributed by atoms with Crippen molar-refractivity contribution in [2.24, 2.45) is 0 Å². The number of carbonyl (C=O) groups excluding carboxylic acids is 1. The van der Waals surface area contributed by atoms with E-state index in [1.807, 2.05) is 20.8 Å². The van der Waals surface area contributed by atoms with Crippen molar-refractivity contribution in [1.29, 1.82) is 0 Å². The number of hydrogen-bond donors (Lipinski definition) is 2. The molecule has 2 N–H and O–H groups in total. The van der Waals surface area contributed by atoms with Crippen molar-refractivity contribution in [2.45, 2.75) is 84.0 Å². The summed E-state index contributed by atoms with van der Waals surface area (Å²) in [6.07, 6.45) is 1.88. The van der Waals surface area contributed by atoms with Gasteiger partial charge in [0.15, 0.2) is 0 Å². The van der Waals surface area contributed by atoms with Crippen molar-refractivity contribution in [3.05, 3.63) is 0 Å². The van der Waals surface area contributed by atoms with Gasteiger partial charge in [-0.25, -0.2) is 0 Å². The Morgan fingerprint density at radius 2 is 1.68 bits per heavy atom. The van der Waals surface area contributed by atoms with Gasteiger partial charge < -0.3 is 15.4 Å². The molecule has 1 aliphatic heterocycles. The first-order valence-electron chi connectivity index (χ1n) is 7.11. The Labute approximate surface area is 117 Å². The van der Waals surface area contributed by atoms with Crippen molar-refractivity contribution in [3.8, 4) is 0 Å². The molecule has 1 heterocycles. The second-order valence-corrected chi connectivity index (χ2v) is 7.97. The number of nitrogens with one attached hydrogen (secondary N) is 2. The van der Waals surface area contributed by atoms with Crippen molar-refractivity contribution in [2.75, 3.05) is 6.61 Å². The standard InChI is InChI=1S/C15H30N2O2/c1-13(2,3)19-10-12(18)16-11-8-14(4,5)17-15(6,7)9-11/h11,17H,8-10H2,1-7H3,(H,16,18). The summed E-state index contributed by atoms with van der Waals surface area (Å²) in [6.45, 7) is 14.7. The quantitative estimate of drug-likeness (QED) is 0.827. The Morgan fingerprint density at radius 1 is 1.21 bits per heavy atom. The summed E-state index contributed by atoms with van der Waals surface area (Å²) in [5.74, 6) is -0.0200. The molecule has 1 saturated heterocycles. The predicted molar refractivity (Wildman–Crippen MR) is 78.2 cm³/mol. The lowest BCUT2D eigenvalue weighted by Crippen LogP contribution is -2.62. The third-order valence-electron chi connectivity index (χ3n) is 3.19. The van der Waals surface area contributed by atoms with Gasteiger partial charge in [0, 0.05) is 17.1 Å². The Bertz CT molecular complexity index is 314. The number of carbonyl (C=O) groups is 1. The molecule has 112 valence electrons. The predicted octanol–water partition coefficient (Wildman–Crippen LogP) is 2.23. The first-order chi connectivity index (χ1) is 8.39. The summed E-state index contributed by atoms with van der Waals surface area (Å²) < 4.78 is 5.51. The fourth-order valence-corrected chi connectivity index (χ4v) is 2.98. The van der Waals surface area contributed by atoms with Crippen LogP contribution in [0.2, 0.25) is 0 Å². The van der Waals surface area contributed by atoms with E-state index in [2.05, 4.69) is 38.3 Å². The molecule has 0 radical (unpaired) electrons. The maximum absolute atomic E-state index is 11.9. The first kappa shape index (κ1) is 16.4. The molecule has 0 saturated carbocycles. The van der Waals surface area contributed by atoms with E-state index in [0.717, 1.165) is 12.8 Å². The molecule has 0 aromatic rings. The minimum atomic E-state index is -0.274. The lowest BCUT2D eigenvalue weighted by molar-refractivity contribution is -0.131. The molecule has 1 aliphatic rings. The average Bonchev–Trinajstić information content (AvgIpc) is 2.07. The maximum atomic E-state index is 11.9. The fourth-order valence-electron chi connectivity index (χ4n) is 2.98. The van der Waals surface area contributed by atoms with Crippen LogP contribution in [0.5, 0.6) is 0 Å². The van der Waals surface area contributed by atoms with Crippen LogP contribution in [0.3, 0.4) is 0 Å². The normalized spacial score (nSPS) is 23.1. The lowest BCUT2D eigenvalue weighted by atomic mass is 9.79. The van der Waals surface area contributed by atoms with Crippen LogP contribution in [0.1, 0.15) is 61.3 Å². The number of rotatable bonds is 3. The lowest BCUT2D eigenvalue weighted by Gasteiger charge is -2.46. The van der Waals surface area contributed by atoms with Crippen molar-refractivity contribution < 1.29 is 9.53 Å². The molecule has 1 fully saturated rings. The number of amides is 1. The zero-order valence-electron chi connectivity index (χ0n) is 13.5. The van der Waals surface area contributed by atoms with Gasteiger partial charge in [-0.05, 0) is 61.3 Å². The van der Waals surface area contributed by atoms with Crippen LogP contribution in [0.4, 0.5) is 0 Å². The molecule has 19 heavy (non-hydrogen) atoms. The van der Waals surface area contributed by atoms with Crippen molar-refractivity contribution in [1.82, 2.24) is 10.6 Å². The van der Waals surface area contributed by atoms with Crippen molar-refractivity contribution >= 4 is 5.91 Å². The van der Waals surface area contributed by atoms with Gasteiger partial charge in [0.2, 0.25) is 5.91 Å². The third kappa shape index (κ3) is 6.39. The molecule has 0 unspecified atom stereocenters. The van der Waals surface area contributed by atoms with E-state index in [9.17, 15) is 4.79 Å². The molecule has 0 aromatic carbocycles. The topological polar surface area (TPSA) is 50.4 Å². The molecule has 1 amide bonds. The number of hydrogen-bond acceptors (Lipinski definition) is 3. The van der Waals surface area contributed by atoms with E-state index in [-0.39, 0.29) is 35.2 Å². The van der Waals surface area contributed by atoms with Gasteiger partial charge in [0.05, 0.1) is 5.60 Å². The molecule has 0 aliphatic carbocycles. The minimum absolute atomic E-state index is 0.0200. The van der Waals surface area contributed by atoms with E-state index in [1.165, 1.54) is 0 Å². The van der Waals surface area contributed by atoms with Crippen LogP contribution in [0, 0.1) is 0 Å². The largest absolute Gasteiger partial charge is 0.366 e. The Balaban J connectivity index is 2.50. The summed E-state index contributed by atoms with van der Waals surface area (Å²) in [5.41, 5.74) is -0.181. The molecule has 0 spiro atoms. The third-order valence-corrected chi connectivity index (χ3v) is 3.19. The van der Waals surface area contributed by atoms with Gasteiger partial charge in [-0.2, -0.15) is 0 Å². The molecule has 0 bridgehead atoms. The first-order valence-corrected chi connectivity index (χ1v) is 7.11. The Hall–Kier alpha value is -0.610. The number of ether oxygens (including phenoxy) is 1. The van der Waals surface area contributed by atoms with Gasteiger partial charge in [0.25, 0.3) is 0 Å². The van der Waals surface area contributed by atoms with Crippen LogP contribution in [0.15, 0.2) is 0 Å². The second kappa shape index (κ2) is 5.41. The SMILES string of the molecule is CC1(C)CC(NC(=O)COC(C)(C)C)CC(C)(C)N1. The van der Waals surface area contributed by atoms with E-state index >= 15 is 0 Å². The van der Waals surface area contributed by atoms with E-state index < -0.39 is 0 Å². The van der Waals surface area contributed by atoms with Gasteiger partial charge in [0.1, 0.15) is 6.61 Å². The molecule has 1 rings (SSSR count). The maximum Gasteiger partial charge on any atom is 0.246 e. The van der Waals surface area contributed by atoms with Crippen LogP contribution < -0.4 is 10.6 Å². The summed E-state index contributed by atoms with van der Waals surface area (Å²) in [6, 6.07) is 0.210. The van der Waals surface area contributed by atoms with E-state index in [4.69, 9.17) is 4.74 Å². The summed E-state index contributed by atoms with van der Waals surface area (Å²) in [7, 11) is 0. The molecular weight excluding hydrogens is 240 g/mol. The van der Waals surface area contributed by atoms with Crippen LogP contribution in [-0.4, -0.2) is 35.2 Å². The summed E-state index contributed by atoms with van der Waals surface area (Å²) in [4.78, 5) is 11.9. The highest BCUT2D eigenvalue weighted by atomic mass is 16.5. The van der Waals surface area contributed by atoms with E-state index in [0.29, 0.717) is 0 Å². The highest BCUT2D eigenvalue weighted by Gasteiger charge is 2.38. The fraction of sp³-hybridized carbons (Fsp3) is 0.933. The van der Waals surface area contributed by atoms with Gasteiger partial charge in [-0.1, -0.05) is 0 Å². The second-order valence-electron chi connectivity index (χ2n) is 7.97. The summed E-state index contributed by atoms with van der Waals surface area (Å²) >= 11 is 0. The molecule has 4 nitrogen and oxygen atoms in total. The molecular formula is C15H30N2O2. The smallest absolute Gasteiger partial charge is 0.246 e. The van der Waals surface area contributed by atoms with Gasteiger partial charge in [-0.3, -0.25) is 4.79 Å². The van der Waals surface area contributed by atoms with Gasteiger partial charge >= 0.3 is 0 Å². The Kier molecular flexibility index (Phi) is 4.68. The molecule has 0 atom stereocenters. The summed E-state index contributed by atoms with van der Waals surface area (Å²) in [5, 5.41) is 6.71. The zero-order valence-corrected chi connectivity index (χ0v) is 13.5. The van der Waals surface area contributed by atoms with Crippen LogP contribution >= 0.6 is 0 Å². The molecule has 4 heteroatoms.